The molecule has 1 aromatic heterocycles. The molecule has 0 saturated carbocycles. The molecule has 2 N–H and O–H groups in total. The molecule has 0 fully saturated rings. The Morgan fingerprint density at radius 2 is 1.84 bits per heavy atom. The molecule has 3 rings (SSSR count). The normalized spacial score (nSPS) is 10.6. The molecule has 1 heterocycles. The number of hydrogen-bond donors (Lipinski definition) is 2. The summed E-state index contributed by atoms with van der Waals surface area (Å²) >= 11 is 0. The zero-order valence-electron chi connectivity index (χ0n) is 13.7. The van der Waals surface area contributed by atoms with Gasteiger partial charge in [0.05, 0.1) is 5.52 Å². The van der Waals surface area contributed by atoms with Crippen molar-refractivity contribution in [1.29, 1.82) is 0 Å². The molecule has 25 heavy (non-hydrogen) atoms. The van der Waals surface area contributed by atoms with E-state index in [0.717, 1.165) is 22.3 Å². The summed E-state index contributed by atoms with van der Waals surface area (Å²) in [6.45, 7) is 1.05. The van der Waals surface area contributed by atoms with Gasteiger partial charge in [-0.2, -0.15) is 0 Å². The van der Waals surface area contributed by atoms with E-state index in [9.17, 15) is 9.18 Å². The van der Waals surface area contributed by atoms with Gasteiger partial charge in [-0.3, -0.25) is 4.79 Å². The van der Waals surface area contributed by atoms with E-state index in [1.54, 1.807) is 12.1 Å². The van der Waals surface area contributed by atoms with Crippen molar-refractivity contribution >= 4 is 22.6 Å². The van der Waals surface area contributed by atoms with Crippen molar-refractivity contribution in [3.8, 4) is 0 Å². The van der Waals surface area contributed by atoms with Gasteiger partial charge in [0.1, 0.15) is 18.0 Å². The highest BCUT2D eigenvalue weighted by molar-refractivity contribution is 5.88. The Labute approximate surface area is 145 Å². The molecule has 0 saturated heterocycles. The lowest BCUT2D eigenvalue weighted by Gasteiger charge is -2.08. The van der Waals surface area contributed by atoms with Crippen LogP contribution in [0.3, 0.4) is 0 Å². The van der Waals surface area contributed by atoms with Crippen molar-refractivity contribution in [1.82, 2.24) is 15.3 Å². The minimum absolute atomic E-state index is 0.0290. The molecule has 0 unspecified atom stereocenters. The van der Waals surface area contributed by atoms with E-state index in [1.165, 1.54) is 18.5 Å². The number of benzene rings is 2. The van der Waals surface area contributed by atoms with Gasteiger partial charge in [0.25, 0.3) is 0 Å². The predicted molar refractivity (Wildman–Crippen MR) is 95.5 cm³/mol. The van der Waals surface area contributed by atoms with Crippen molar-refractivity contribution in [2.75, 3.05) is 11.9 Å². The Kier molecular flexibility index (Phi) is 5.51. The SMILES string of the molecule is O=C(CCCNc1ncnc2ccccc12)NCc1ccc(F)cc1. The summed E-state index contributed by atoms with van der Waals surface area (Å²) in [6.07, 6.45) is 2.63. The zero-order chi connectivity index (χ0) is 17.5. The summed E-state index contributed by atoms with van der Waals surface area (Å²) in [6, 6.07) is 13.9. The number of carbonyl (C=O) groups is 1. The topological polar surface area (TPSA) is 66.9 Å². The first-order chi connectivity index (χ1) is 12.2. The van der Waals surface area contributed by atoms with Crippen LogP contribution in [0, 0.1) is 5.82 Å². The van der Waals surface area contributed by atoms with E-state index < -0.39 is 0 Å². The van der Waals surface area contributed by atoms with E-state index in [4.69, 9.17) is 0 Å². The summed E-state index contributed by atoms with van der Waals surface area (Å²) in [5.41, 5.74) is 1.76. The summed E-state index contributed by atoms with van der Waals surface area (Å²) in [7, 11) is 0. The molecule has 0 aliphatic rings. The smallest absolute Gasteiger partial charge is 0.220 e. The lowest BCUT2D eigenvalue weighted by atomic mass is 10.2. The highest BCUT2D eigenvalue weighted by Crippen LogP contribution is 2.18. The van der Waals surface area contributed by atoms with Crippen LogP contribution < -0.4 is 10.6 Å². The van der Waals surface area contributed by atoms with Gasteiger partial charge in [0.15, 0.2) is 0 Å². The maximum atomic E-state index is 12.8. The summed E-state index contributed by atoms with van der Waals surface area (Å²) < 4.78 is 12.8. The molecule has 0 atom stereocenters. The lowest BCUT2D eigenvalue weighted by Crippen LogP contribution is -2.23. The van der Waals surface area contributed by atoms with Crippen LogP contribution in [0.5, 0.6) is 0 Å². The molecule has 0 bridgehead atoms. The fourth-order valence-corrected chi connectivity index (χ4v) is 2.49. The predicted octanol–water partition coefficient (Wildman–Crippen LogP) is 3.28. The third-order valence-corrected chi connectivity index (χ3v) is 3.82. The Hall–Kier alpha value is -3.02. The first kappa shape index (κ1) is 16.8. The number of amides is 1. The van der Waals surface area contributed by atoms with Crippen molar-refractivity contribution in [2.45, 2.75) is 19.4 Å². The standard InChI is InChI=1S/C19H19FN4O/c20-15-9-7-14(8-10-15)12-22-18(25)6-3-11-21-19-16-4-1-2-5-17(16)23-13-24-19/h1-2,4-5,7-10,13H,3,6,11-12H2,(H,22,25)(H,21,23,24). The van der Waals surface area contributed by atoms with E-state index >= 15 is 0 Å². The molecule has 1 amide bonds. The fourth-order valence-electron chi connectivity index (χ4n) is 2.49. The molecular weight excluding hydrogens is 319 g/mol. The van der Waals surface area contributed by atoms with Crippen molar-refractivity contribution in [2.24, 2.45) is 0 Å². The number of aromatic nitrogens is 2. The number of anilines is 1. The Balaban J connectivity index is 1.42. The highest BCUT2D eigenvalue weighted by Gasteiger charge is 2.04. The number of nitrogens with zero attached hydrogens (tertiary/aromatic N) is 2. The average Bonchev–Trinajstić information content (AvgIpc) is 2.65. The number of rotatable bonds is 7. The fraction of sp³-hybridized carbons (Fsp3) is 0.211. The van der Waals surface area contributed by atoms with Crippen LogP contribution in [0.1, 0.15) is 18.4 Å². The third kappa shape index (κ3) is 4.73. The van der Waals surface area contributed by atoms with E-state index in [-0.39, 0.29) is 11.7 Å². The number of fused-ring (bicyclic) bond motifs is 1. The van der Waals surface area contributed by atoms with Gasteiger partial charge in [0, 0.05) is 24.9 Å². The molecule has 6 heteroatoms. The first-order valence-electron chi connectivity index (χ1n) is 8.17. The Bertz CT molecular complexity index is 846. The monoisotopic (exact) mass is 338 g/mol. The molecule has 0 aliphatic heterocycles. The van der Waals surface area contributed by atoms with Crippen LogP contribution in [0.15, 0.2) is 54.9 Å². The van der Waals surface area contributed by atoms with Gasteiger partial charge in [-0.25, -0.2) is 14.4 Å². The number of para-hydroxylation sites is 1. The zero-order valence-corrected chi connectivity index (χ0v) is 13.7. The second kappa shape index (κ2) is 8.19. The number of nitrogens with one attached hydrogen (secondary N) is 2. The quantitative estimate of drug-likeness (QED) is 0.649. The Morgan fingerprint density at radius 3 is 2.68 bits per heavy atom. The highest BCUT2D eigenvalue weighted by atomic mass is 19.1. The van der Waals surface area contributed by atoms with Crippen LogP contribution in [0.4, 0.5) is 10.2 Å². The van der Waals surface area contributed by atoms with E-state index in [2.05, 4.69) is 20.6 Å². The van der Waals surface area contributed by atoms with Crippen molar-refractivity contribution in [3.63, 3.8) is 0 Å². The maximum Gasteiger partial charge on any atom is 0.220 e. The van der Waals surface area contributed by atoms with Gasteiger partial charge >= 0.3 is 0 Å². The number of hydrogen-bond acceptors (Lipinski definition) is 4. The molecule has 2 aromatic carbocycles. The molecule has 3 aromatic rings. The van der Waals surface area contributed by atoms with E-state index in [0.29, 0.717) is 25.9 Å². The molecule has 0 aliphatic carbocycles. The molecular formula is C19H19FN4O. The lowest BCUT2D eigenvalue weighted by molar-refractivity contribution is -0.121. The summed E-state index contributed by atoms with van der Waals surface area (Å²) in [5, 5.41) is 7.05. The summed E-state index contributed by atoms with van der Waals surface area (Å²) in [5.74, 6) is 0.467. The number of halogens is 1. The second-order valence-corrected chi connectivity index (χ2v) is 5.67. The van der Waals surface area contributed by atoms with Crippen LogP contribution >= 0.6 is 0 Å². The van der Waals surface area contributed by atoms with Crippen molar-refractivity contribution < 1.29 is 9.18 Å². The molecule has 0 spiro atoms. The average molecular weight is 338 g/mol. The largest absolute Gasteiger partial charge is 0.369 e. The van der Waals surface area contributed by atoms with Gasteiger partial charge in [-0.15, -0.1) is 0 Å². The van der Waals surface area contributed by atoms with Crippen LogP contribution in [-0.4, -0.2) is 22.4 Å². The van der Waals surface area contributed by atoms with Gasteiger partial charge < -0.3 is 10.6 Å². The molecule has 5 nitrogen and oxygen atoms in total. The molecule has 128 valence electrons. The van der Waals surface area contributed by atoms with Gasteiger partial charge in [0.2, 0.25) is 5.91 Å². The molecule has 0 radical (unpaired) electrons. The van der Waals surface area contributed by atoms with Gasteiger partial charge in [-0.1, -0.05) is 24.3 Å². The van der Waals surface area contributed by atoms with E-state index in [1.807, 2.05) is 24.3 Å². The maximum absolute atomic E-state index is 12.8. The Morgan fingerprint density at radius 1 is 1.04 bits per heavy atom. The van der Waals surface area contributed by atoms with Crippen LogP contribution in [0.25, 0.3) is 10.9 Å². The van der Waals surface area contributed by atoms with Crippen LogP contribution in [0.2, 0.25) is 0 Å². The first-order valence-corrected chi connectivity index (χ1v) is 8.17. The van der Waals surface area contributed by atoms with Crippen molar-refractivity contribution in [3.05, 3.63) is 66.2 Å². The minimum atomic E-state index is -0.279. The summed E-state index contributed by atoms with van der Waals surface area (Å²) in [4.78, 5) is 20.3. The van der Waals surface area contributed by atoms with Crippen LogP contribution in [-0.2, 0) is 11.3 Å². The number of carbonyl (C=O) groups excluding carboxylic acids is 1. The van der Waals surface area contributed by atoms with Gasteiger partial charge in [-0.05, 0) is 36.2 Å². The second-order valence-electron chi connectivity index (χ2n) is 5.67. The minimum Gasteiger partial charge on any atom is -0.369 e. The third-order valence-electron chi connectivity index (χ3n) is 3.82.